The molecule has 1 aromatic carbocycles. The van der Waals surface area contributed by atoms with Crippen LogP contribution in [0.5, 0.6) is 0 Å². The Balaban J connectivity index is 2.08. The molecule has 3 rings (SSSR count). The highest BCUT2D eigenvalue weighted by Crippen LogP contribution is 2.24. The van der Waals surface area contributed by atoms with Gasteiger partial charge in [-0.2, -0.15) is 5.10 Å². The van der Waals surface area contributed by atoms with Gasteiger partial charge in [-0.05, 0) is 24.3 Å². The van der Waals surface area contributed by atoms with Crippen LogP contribution < -0.4 is 4.90 Å². The van der Waals surface area contributed by atoms with E-state index in [9.17, 15) is 10.2 Å². The largest absolute Gasteiger partial charge is 0.395 e. The number of aliphatic hydroxyl groups excluding tert-OH is 2. The van der Waals surface area contributed by atoms with Crippen molar-refractivity contribution in [2.75, 3.05) is 31.2 Å². The van der Waals surface area contributed by atoms with Crippen molar-refractivity contribution in [3.63, 3.8) is 0 Å². The van der Waals surface area contributed by atoms with Crippen LogP contribution in [-0.4, -0.2) is 56.3 Å². The fourth-order valence-electron chi connectivity index (χ4n) is 2.42. The summed E-state index contributed by atoms with van der Waals surface area (Å²) in [6.07, 6.45) is 3.13. The van der Waals surface area contributed by atoms with Gasteiger partial charge in [0.2, 0.25) is 0 Å². The zero-order valence-corrected chi connectivity index (χ0v) is 13.1. The Morgan fingerprint density at radius 1 is 1.04 bits per heavy atom. The number of aromatic nitrogens is 4. The number of aliphatic hydroxyl groups is 2. The average molecular weight is 334 g/mol. The molecule has 0 spiro atoms. The summed E-state index contributed by atoms with van der Waals surface area (Å²) in [5.41, 5.74) is 1.49. The summed E-state index contributed by atoms with van der Waals surface area (Å²) in [7, 11) is 0. The Morgan fingerprint density at radius 2 is 1.74 bits per heavy atom. The first kappa shape index (κ1) is 15.7. The lowest BCUT2D eigenvalue weighted by atomic mass is 10.3. The molecule has 2 aromatic heterocycles. The molecule has 2 N–H and O–H groups in total. The Bertz CT molecular complexity index is 784. The van der Waals surface area contributed by atoms with Gasteiger partial charge in [0.1, 0.15) is 12.1 Å². The van der Waals surface area contributed by atoms with E-state index in [1.807, 2.05) is 12.1 Å². The maximum absolute atomic E-state index is 9.21. The predicted octanol–water partition coefficient (Wildman–Crippen LogP) is 1.26. The highest BCUT2D eigenvalue weighted by molar-refractivity contribution is 6.30. The van der Waals surface area contributed by atoms with E-state index in [0.29, 0.717) is 29.6 Å². The van der Waals surface area contributed by atoms with Crippen molar-refractivity contribution in [2.45, 2.75) is 0 Å². The van der Waals surface area contributed by atoms with Gasteiger partial charge in [-0.15, -0.1) is 0 Å². The van der Waals surface area contributed by atoms with Gasteiger partial charge < -0.3 is 15.1 Å². The summed E-state index contributed by atoms with van der Waals surface area (Å²) >= 11 is 5.92. The van der Waals surface area contributed by atoms with Gasteiger partial charge in [0.05, 0.1) is 30.5 Å². The molecule has 0 saturated carbocycles. The van der Waals surface area contributed by atoms with Gasteiger partial charge in [-0.25, -0.2) is 14.6 Å². The number of rotatable bonds is 6. The highest BCUT2D eigenvalue weighted by Gasteiger charge is 2.15. The third kappa shape index (κ3) is 3.12. The van der Waals surface area contributed by atoms with E-state index in [0.717, 1.165) is 11.1 Å². The minimum atomic E-state index is -0.0309. The van der Waals surface area contributed by atoms with E-state index in [2.05, 4.69) is 15.1 Å². The van der Waals surface area contributed by atoms with Gasteiger partial charge in [-0.3, -0.25) is 0 Å². The molecule has 23 heavy (non-hydrogen) atoms. The smallest absolute Gasteiger partial charge is 0.168 e. The average Bonchev–Trinajstić information content (AvgIpc) is 2.99. The second-order valence-corrected chi connectivity index (χ2v) is 5.34. The van der Waals surface area contributed by atoms with Crippen LogP contribution in [0.1, 0.15) is 0 Å². The van der Waals surface area contributed by atoms with Crippen LogP contribution in [0.4, 0.5) is 5.82 Å². The maximum Gasteiger partial charge on any atom is 0.168 e. The molecule has 0 aliphatic heterocycles. The van der Waals surface area contributed by atoms with Crippen molar-refractivity contribution >= 4 is 28.5 Å². The third-order valence-electron chi connectivity index (χ3n) is 3.46. The lowest BCUT2D eigenvalue weighted by Gasteiger charge is -2.21. The van der Waals surface area contributed by atoms with E-state index in [1.54, 1.807) is 27.9 Å². The molecule has 0 radical (unpaired) electrons. The van der Waals surface area contributed by atoms with Gasteiger partial charge in [0.15, 0.2) is 5.65 Å². The van der Waals surface area contributed by atoms with Crippen LogP contribution in [0.2, 0.25) is 5.02 Å². The number of hydrogen-bond acceptors (Lipinski definition) is 6. The predicted molar refractivity (Wildman–Crippen MR) is 88.1 cm³/mol. The minimum absolute atomic E-state index is 0.0309. The maximum atomic E-state index is 9.21. The SMILES string of the molecule is OCCN(CCO)c1ncnc2c1cnn2-c1ccc(Cl)cc1. The van der Waals surface area contributed by atoms with E-state index in [1.165, 1.54) is 6.33 Å². The van der Waals surface area contributed by atoms with Crippen LogP contribution in [0, 0.1) is 0 Å². The van der Waals surface area contributed by atoms with Gasteiger partial charge in [0.25, 0.3) is 0 Å². The van der Waals surface area contributed by atoms with Crippen LogP contribution >= 0.6 is 11.6 Å². The number of halogens is 1. The number of anilines is 1. The first-order valence-electron chi connectivity index (χ1n) is 7.16. The summed E-state index contributed by atoms with van der Waals surface area (Å²) in [6.45, 7) is 0.686. The molecule has 0 aliphatic carbocycles. The molecule has 0 atom stereocenters. The van der Waals surface area contributed by atoms with Crippen molar-refractivity contribution in [3.8, 4) is 5.69 Å². The molecule has 0 unspecified atom stereocenters. The monoisotopic (exact) mass is 333 g/mol. The van der Waals surface area contributed by atoms with E-state index < -0.39 is 0 Å². The Labute approximate surface area is 137 Å². The summed E-state index contributed by atoms with van der Waals surface area (Å²) < 4.78 is 1.70. The molecule has 0 fully saturated rings. The summed E-state index contributed by atoms with van der Waals surface area (Å²) in [5, 5.41) is 24.2. The topological polar surface area (TPSA) is 87.3 Å². The molecule has 0 saturated heterocycles. The van der Waals surface area contributed by atoms with E-state index in [-0.39, 0.29) is 13.2 Å². The molecule has 0 bridgehead atoms. The standard InChI is InChI=1S/C15H16ClN5O2/c16-11-1-3-12(4-2-11)21-15-13(9-19-21)14(17-10-18-15)20(5-7-22)6-8-23/h1-4,9-10,22-23H,5-8H2. The number of fused-ring (bicyclic) bond motifs is 1. The number of hydrogen-bond donors (Lipinski definition) is 2. The molecule has 120 valence electrons. The molecule has 3 aromatic rings. The second-order valence-electron chi connectivity index (χ2n) is 4.90. The van der Waals surface area contributed by atoms with Crippen LogP contribution in [-0.2, 0) is 0 Å². The molecule has 0 aliphatic rings. The zero-order valence-electron chi connectivity index (χ0n) is 12.3. The van der Waals surface area contributed by atoms with Crippen molar-refractivity contribution < 1.29 is 10.2 Å². The van der Waals surface area contributed by atoms with Crippen LogP contribution in [0.15, 0.2) is 36.8 Å². The molecular weight excluding hydrogens is 318 g/mol. The van der Waals surface area contributed by atoms with Gasteiger partial charge in [0, 0.05) is 18.1 Å². The Morgan fingerprint density at radius 3 is 2.39 bits per heavy atom. The number of benzene rings is 1. The number of nitrogens with zero attached hydrogens (tertiary/aromatic N) is 5. The second kappa shape index (κ2) is 6.91. The van der Waals surface area contributed by atoms with E-state index in [4.69, 9.17) is 11.6 Å². The van der Waals surface area contributed by atoms with Crippen LogP contribution in [0.25, 0.3) is 16.7 Å². The van der Waals surface area contributed by atoms with Crippen molar-refractivity contribution in [3.05, 3.63) is 41.8 Å². The molecule has 8 heteroatoms. The lowest BCUT2D eigenvalue weighted by Crippen LogP contribution is -2.30. The fraction of sp³-hybridized carbons (Fsp3) is 0.267. The summed E-state index contributed by atoms with van der Waals surface area (Å²) in [5.74, 6) is 0.637. The third-order valence-corrected chi connectivity index (χ3v) is 3.71. The normalized spacial score (nSPS) is 11.1. The Hall–Kier alpha value is -2.22. The van der Waals surface area contributed by atoms with E-state index >= 15 is 0 Å². The molecular formula is C15H16ClN5O2. The Kier molecular flexibility index (Phi) is 4.71. The summed E-state index contributed by atoms with van der Waals surface area (Å²) in [6, 6.07) is 7.29. The van der Waals surface area contributed by atoms with Gasteiger partial charge in [-0.1, -0.05) is 11.6 Å². The quantitative estimate of drug-likeness (QED) is 0.706. The van der Waals surface area contributed by atoms with Crippen LogP contribution in [0.3, 0.4) is 0 Å². The fourth-order valence-corrected chi connectivity index (χ4v) is 2.55. The first-order chi connectivity index (χ1) is 11.2. The van der Waals surface area contributed by atoms with Crippen molar-refractivity contribution in [2.24, 2.45) is 0 Å². The van der Waals surface area contributed by atoms with Crippen molar-refractivity contribution in [1.82, 2.24) is 19.7 Å². The molecule has 0 amide bonds. The van der Waals surface area contributed by atoms with Crippen molar-refractivity contribution in [1.29, 1.82) is 0 Å². The molecule has 2 heterocycles. The highest BCUT2D eigenvalue weighted by atomic mass is 35.5. The molecule has 7 nitrogen and oxygen atoms in total. The lowest BCUT2D eigenvalue weighted by molar-refractivity contribution is 0.281. The minimum Gasteiger partial charge on any atom is -0.395 e. The summed E-state index contributed by atoms with van der Waals surface area (Å²) in [4.78, 5) is 10.4. The van der Waals surface area contributed by atoms with Gasteiger partial charge >= 0.3 is 0 Å². The first-order valence-corrected chi connectivity index (χ1v) is 7.53. The zero-order chi connectivity index (χ0) is 16.2.